The molecule has 1 atom stereocenters. The molecule has 10 heteroatoms. The number of carbonyl (C=O) groups excluding carboxylic acids is 1. The van der Waals surface area contributed by atoms with Crippen LogP contribution in [0.2, 0.25) is 5.02 Å². The normalized spacial score (nSPS) is 18.3. The standard InChI is InChI=1S/C18H17ClN4O4S/c1-11-7-17(23(21-11)14-5-6-28(25,26)10-14)20-18(24)15-9-16(27-22-15)12-3-2-4-13(19)8-12/h2-4,7-9,14H,5-6,10H2,1H3,(H,20,24). The Morgan fingerprint density at radius 3 is 2.86 bits per heavy atom. The number of nitrogens with zero attached hydrogens (tertiary/aromatic N) is 3. The monoisotopic (exact) mass is 420 g/mol. The average Bonchev–Trinajstić information content (AvgIpc) is 3.33. The van der Waals surface area contributed by atoms with Crippen molar-refractivity contribution >= 4 is 33.2 Å². The van der Waals surface area contributed by atoms with Crippen molar-refractivity contribution in [3.8, 4) is 11.3 Å². The van der Waals surface area contributed by atoms with Crippen LogP contribution in [0.1, 0.15) is 28.6 Å². The Bertz CT molecular complexity index is 1150. The SMILES string of the molecule is Cc1cc(NC(=O)c2cc(-c3cccc(Cl)c3)on2)n(C2CCS(=O)(=O)C2)n1. The zero-order chi connectivity index (χ0) is 19.9. The molecular weight excluding hydrogens is 404 g/mol. The van der Waals surface area contributed by atoms with Crippen LogP contribution < -0.4 is 5.32 Å². The minimum atomic E-state index is -3.07. The largest absolute Gasteiger partial charge is 0.355 e. The highest BCUT2D eigenvalue weighted by Gasteiger charge is 2.31. The summed E-state index contributed by atoms with van der Waals surface area (Å²) in [5.74, 6) is 0.506. The van der Waals surface area contributed by atoms with Gasteiger partial charge in [0.15, 0.2) is 21.3 Å². The van der Waals surface area contributed by atoms with E-state index in [2.05, 4.69) is 15.6 Å². The summed E-state index contributed by atoms with van der Waals surface area (Å²) in [5.41, 5.74) is 1.48. The van der Waals surface area contributed by atoms with Crippen molar-refractivity contribution in [2.24, 2.45) is 0 Å². The molecule has 4 rings (SSSR count). The van der Waals surface area contributed by atoms with Gasteiger partial charge in [-0.3, -0.25) is 4.79 Å². The number of anilines is 1. The summed E-state index contributed by atoms with van der Waals surface area (Å²) in [6.07, 6.45) is 0.467. The van der Waals surface area contributed by atoms with E-state index in [1.165, 1.54) is 6.07 Å². The maximum absolute atomic E-state index is 12.6. The van der Waals surface area contributed by atoms with Gasteiger partial charge in [0.25, 0.3) is 5.91 Å². The second kappa shape index (κ2) is 7.06. The first-order chi connectivity index (χ1) is 13.3. The fraction of sp³-hybridized carbons (Fsp3) is 0.278. The van der Waals surface area contributed by atoms with E-state index in [0.29, 0.717) is 34.3 Å². The maximum Gasteiger partial charge on any atom is 0.279 e. The minimum absolute atomic E-state index is 0.0138. The Hall–Kier alpha value is -2.65. The molecule has 1 fully saturated rings. The third-order valence-electron chi connectivity index (χ3n) is 4.51. The molecule has 1 unspecified atom stereocenters. The average molecular weight is 421 g/mol. The predicted octanol–water partition coefficient (Wildman–Crippen LogP) is 3.11. The highest BCUT2D eigenvalue weighted by Crippen LogP contribution is 2.28. The number of hydrogen-bond acceptors (Lipinski definition) is 6. The predicted molar refractivity (Wildman–Crippen MR) is 104 cm³/mol. The summed E-state index contributed by atoms with van der Waals surface area (Å²) in [5, 5.41) is 11.5. The zero-order valence-corrected chi connectivity index (χ0v) is 16.5. The van der Waals surface area contributed by atoms with Crippen LogP contribution in [0.15, 0.2) is 40.9 Å². The molecule has 0 aliphatic carbocycles. The summed E-state index contributed by atoms with van der Waals surface area (Å²) in [6, 6.07) is 9.94. The second-order valence-electron chi connectivity index (χ2n) is 6.71. The molecule has 1 aliphatic rings. The van der Waals surface area contributed by atoms with Crippen LogP contribution in [-0.2, 0) is 9.84 Å². The lowest BCUT2D eigenvalue weighted by atomic mass is 10.1. The lowest BCUT2D eigenvalue weighted by molar-refractivity contribution is 0.101. The fourth-order valence-electron chi connectivity index (χ4n) is 3.20. The maximum atomic E-state index is 12.6. The van der Waals surface area contributed by atoms with Crippen LogP contribution in [-0.4, -0.2) is 40.8 Å². The molecule has 3 aromatic rings. The molecule has 1 saturated heterocycles. The van der Waals surface area contributed by atoms with Gasteiger partial charge in [0, 0.05) is 22.7 Å². The van der Waals surface area contributed by atoms with E-state index in [4.69, 9.17) is 16.1 Å². The molecule has 0 bridgehead atoms. The molecule has 0 radical (unpaired) electrons. The van der Waals surface area contributed by atoms with Gasteiger partial charge < -0.3 is 9.84 Å². The van der Waals surface area contributed by atoms with Crippen molar-refractivity contribution in [3.05, 3.63) is 52.8 Å². The van der Waals surface area contributed by atoms with Crippen molar-refractivity contribution in [3.63, 3.8) is 0 Å². The molecule has 0 spiro atoms. The smallest absolute Gasteiger partial charge is 0.279 e. The third-order valence-corrected chi connectivity index (χ3v) is 6.49. The summed E-state index contributed by atoms with van der Waals surface area (Å²) >= 11 is 5.98. The number of halogens is 1. The Labute approximate surface area is 166 Å². The molecule has 1 aromatic carbocycles. The van der Waals surface area contributed by atoms with Crippen LogP contribution in [0.4, 0.5) is 5.82 Å². The van der Waals surface area contributed by atoms with E-state index < -0.39 is 15.7 Å². The molecule has 1 N–H and O–H groups in total. The Kier molecular flexibility index (Phi) is 4.72. The van der Waals surface area contributed by atoms with Gasteiger partial charge in [0.2, 0.25) is 0 Å². The number of benzene rings is 1. The summed E-state index contributed by atoms with van der Waals surface area (Å²) in [7, 11) is -3.07. The molecule has 0 saturated carbocycles. The van der Waals surface area contributed by atoms with E-state index in [-0.39, 0.29) is 23.2 Å². The highest BCUT2D eigenvalue weighted by molar-refractivity contribution is 7.91. The van der Waals surface area contributed by atoms with E-state index in [1.54, 1.807) is 41.9 Å². The first kappa shape index (κ1) is 18.7. The Morgan fingerprint density at radius 2 is 2.14 bits per heavy atom. The van der Waals surface area contributed by atoms with Crippen molar-refractivity contribution in [1.29, 1.82) is 0 Å². The van der Waals surface area contributed by atoms with Gasteiger partial charge >= 0.3 is 0 Å². The number of rotatable bonds is 4. The molecule has 1 aliphatic heterocycles. The molecule has 146 valence electrons. The van der Waals surface area contributed by atoms with Gasteiger partial charge in [-0.1, -0.05) is 28.9 Å². The van der Waals surface area contributed by atoms with E-state index >= 15 is 0 Å². The van der Waals surface area contributed by atoms with Gasteiger partial charge in [0.1, 0.15) is 5.82 Å². The molecule has 2 aromatic heterocycles. The van der Waals surface area contributed by atoms with Gasteiger partial charge in [-0.25, -0.2) is 13.1 Å². The number of carbonyl (C=O) groups is 1. The van der Waals surface area contributed by atoms with Crippen molar-refractivity contribution in [1.82, 2.24) is 14.9 Å². The van der Waals surface area contributed by atoms with E-state index in [9.17, 15) is 13.2 Å². The Balaban J connectivity index is 1.55. The minimum Gasteiger partial charge on any atom is -0.355 e. The first-order valence-corrected chi connectivity index (χ1v) is 10.8. The lowest BCUT2D eigenvalue weighted by Gasteiger charge is -2.13. The van der Waals surface area contributed by atoms with Crippen molar-refractivity contribution in [2.45, 2.75) is 19.4 Å². The number of sulfone groups is 1. The molecule has 8 nitrogen and oxygen atoms in total. The van der Waals surface area contributed by atoms with Crippen LogP contribution >= 0.6 is 11.6 Å². The number of hydrogen-bond donors (Lipinski definition) is 1. The highest BCUT2D eigenvalue weighted by atomic mass is 35.5. The van der Waals surface area contributed by atoms with Crippen molar-refractivity contribution in [2.75, 3.05) is 16.8 Å². The molecule has 1 amide bonds. The van der Waals surface area contributed by atoms with Gasteiger partial charge in [-0.15, -0.1) is 0 Å². The number of aryl methyl sites for hydroxylation is 1. The van der Waals surface area contributed by atoms with Gasteiger partial charge in [0.05, 0.1) is 23.2 Å². The van der Waals surface area contributed by atoms with Crippen LogP contribution in [0.25, 0.3) is 11.3 Å². The topological polar surface area (TPSA) is 107 Å². The summed E-state index contributed by atoms with van der Waals surface area (Å²) < 4.78 is 30.4. The fourth-order valence-corrected chi connectivity index (χ4v) is 5.08. The van der Waals surface area contributed by atoms with Crippen LogP contribution in [0, 0.1) is 6.92 Å². The van der Waals surface area contributed by atoms with E-state index in [0.717, 1.165) is 0 Å². The summed E-state index contributed by atoms with van der Waals surface area (Å²) in [6.45, 7) is 1.78. The quantitative estimate of drug-likeness (QED) is 0.694. The number of amides is 1. The Morgan fingerprint density at radius 1 is 1.32 bits per heavy atom. The number of aromatic nitrogens is 3. The van der Waals surface area contributed by atoms with Crippen LogP contribution in [0.3, 0.4) is 0 Å². The first-order valence-electron chi connectivity index (χ1n) is 8.61. The van der Waals surface area contributed by atoms with Crippen molar-refractivity contribution < 1.29 is 17.7 Å². The third kappa shape index (κ3) is 3.81. The molecular formula is C18H17ClN4O4S. The number of nitrogens with one attached hydrogen (secondary N) is 1. The zero-order valence-electron chi connectivity index (χ0n) is 14.9. The van der Waals surface area contributed by atoms with Crippen LogP contribution in [0.5, 0.6) is 0 Å². The van der Waals surface area contributed by atoms with Gasteiger partial charge in [-0.2, -0.15) is 5.10 Å². The van der Waals surface area contributed by atoms with Gasteiger partial charge in [-0.05, 0) is 25.5 Å². The molecule has 28 heavy (non-hydrogen) atoms. The lowest BCUT2D eigenvalue weighted by Crippen LogP contribution is -2.19. The second-order valence-corrected chi connectivity index (χ2v) is 9.38. The molecule has 3 heterocycles. The van der Waals surface area contributed by atoms with E-state index in [1.807, 2.05) is 0 Å². The summed E-state index contributed by atoms with van der Waals surface area (Å²) in [4.78, 5) is 12.6.